The molecule has 0 spiro atoms. The molecular weight excluding hydrogens is 412 g/mol. The van der Waals surface area contributed by atoms with Crippen molar-refractivity contribution in [3.63, 3.8) is 0 Å². The van der Waals surface area contributed by atoms with E-state index in [0.717, 1.165) is 23.8 Å². The summed E-state index contributed by atoms with van der Waals surface area (Å²) in [6, 6.07) is 0.0875. The van der Waals surface area contributed by atoms with Gasteiger partial charge in [0, 0.05) is 12.3 Å². The van der Waals surface area contributed by atoms with Gasteiger partial charge >= 0.3 is 19.8 Å². The van der Waals surface area contributed by atoms with Crippen LogP contribution in [0.25, 0.3) is 0 Å². The van der Waals surface area contributed by atoms with Crippen LogP contribution in [0.1, 0.15) is 33.9 Å². The lowest BCUT2D eigenvalue weighted by atomic mass is 9.98. The average Bonchev–Trinajstić information content (AvgIpc) is 2.82. The molecule has 11 nitrogen and oxygen atoms in total. The summed E-state index contributed by atoms with van der Waals surface area (Å²) in [4.78, 5) is 36.7. The monoisotopic (exact) mass is 436 g/mol. The predicted molar refractivity (Wildman–Crippen MR) is 98.1 cm³/mol. The number of ether oxygens (including phenoxy) is 2. The molecule has 0 saturated carbocycles. The number of carbonyl (C=O) groups excluding carboxylic acids is 1. The van der Waals surface area contributed by atoms with Gasteiger partial charge in [-0.05, 0) is 32.3 Å². The van der Waals surface area contributed by atoms with Crippen LogP contribution in [0.4, 0.5) is 4.39 Å². The zero-order chi connectivity index (χ0) is 21.9. The Morgan fingerprint density at radius 1 is 1.48 bits per heavy atom. The largest absolute Gasteiger partial charge is 0.613 e. The maximum atomic E-state index is 15.0. The third-order valence-electron chi connectivity index (χ3n) is 4.18. The number of H-pyrrole nitrogens is 1. The molecule has 13 heteroatoms. The van der Waals surface area contributed by atoms with Crippen molar-refractivity contribution in [3.05, 3.63) is 33.1 Å². The highest BCUT2D eigenvalue weighted by atomic mass is 31.1. The average molecular weight is 436 g/mol. The molecule has 2 rings (SSSR count). The highest BCUT2D eigenvalue weighted by Gasteiger charge is 2.56. The first-order chi connectivity index (χ1) is 13.4. The minimum absolute atomic E-state index is 0.344. The van der Waals surface area contributed by atoms with E-state index in [9.17, 15) is 24.1 Å². The fourth-order valence-corrected chi connectivity index (χ4v) is 3.46. The first kappa shape index (κ1) is 23.3. The zero-order valence-corrected chi connectivity index (χ0v) is 17.2. The van der Waals surface area contributed by atoms with Crippen molar-refractivity contribution in [2.45, 2.75) is 63.9 Å². The van der Waals surface area contributed by atoms with Crippen molar-refractivity contribution < 1.29 is 32.9 Å². The maximum Gasteiger partial charge on any atom is 0.613 e. The van der Waals surface area contributed by atoms with Gasteiger partial charge in [-0.15, -0.1) is 4.52 Å². The van der Waals surface area contributed by atoms with Gasteiger partial charge in [-0.2, -0.15) is 0 Å². The van der Waals surface area contributed by atoms with E-state index in [2.05, 4.69) is 5.09 Å². The lowest BCUT2D eigenvalue weighted by molar-refractivity contribution is -0.149. The number of hydrogen-bond donors (Lipinski definition) is 3. The van der Waals surface area contributed by atoms with E-state index < -0.39 is 62.2 Å². The topological polar surface area (TPSA) is 149 Å². The first-order valence-electron chi connectivity index (χ1n) is 8.84. The van der Waals surface area contributed by atoms with Crippen LogP contribution in [0.2, 0.25) is 0 Å². The highest BCUT2D eigenvalue weighted by molar-refractivity contribution is 7.36. The lowest BCUT2D eigenvalue weighted by Crippen LogP contribution is -2.43. The molecule has 0 aliphatic carbocycles. The fraction of sp³-hybridized carbons (Fsp3) is 0.688. The number of aliphatic hydroxyl groups is 1. The zero-order valence-electron chi connectivity index (χ0n) is 16.3. The summed E-state index contributed by atoms with van der Waals surface area (Å²) in [7, 11) is -2.55. The molecule has 2 heterocycles. The number of hydrogen-bond acceptors (Lipinski definition) is 8. The number of nitrogens with one attached hydrogen (secondary N) is 2. The molecule has 162 valence electrons. The Hall–Kier alpha value is -1.98. The van der Waals surface area contributed by atoms with E-state index in [1.54, 1.807) is 13.8 Å². The second-order valence-corrected chi connectivity index (χ2v) is 8.06. The van der Waals surface area contributed by atoms with Crippen molar-refractivity contribution in [1.82, 2.24) is 14.6 Å². The second kappa shape index (κ2) is 9.23. The van der Waals surface area contributed by atoms with Crippen LogP contribution in [0.3, 0.4) is 0 Å². The summed E-state index contributed by atoms with van der Waals surface area (Å²) in [5, 5.41) is 12.6. The Balaban J connectivity index is 2.00. The van der Waals surface area contributed by atoms with Gasteiger partial charge in [-0.1, -0.05) is 5.09 Å². The van der Waals surface area contributed by atoms with Gasteiger partial charge in [0.1, 0.15) is 24.9 Å². The molecular formula is C16H24FN3O8P+. The summed E-state index contributed by atoms with van der Waals surface area (Å²) in [5.74, 6) is -0.627. The van der Waals surface area contributed by atoms with E-state index in [4.69, 9.17) is 14.0 Å². The Bertz CT molecular complexity index is 870. The number of carbonyl (C=O) groups is 1. The Labute approximate surface area is 166 Å². The molecule has 1 fully saturated rings. The van der Waals surface area contributed by atoms with Gasteiger partial charge in [-0.3, -0.25) is 19.1 Å². The second-order valence-electron chi connectivity index (χ2n) is 7.03. The molecule has 1 unspecified atom stereocenters. The molecule has 1 aliphatic rings. The minimum atomic E-state index is -2.55. The van der Waals surface area contributed by atoms with Gasteiger partial charge in [0.05, 0.1) is 6.10 Å². The summed E-state index contributed by atoms with van der Waals surface area (Å²) >= 11 is 0. The molecule has 0 amide bonds. The number of aliphatic hydroxyl groups excluding tert-OH is 1. The fourth-order valence-electron chi connectivity index (χ4n) is 2.69. The van der Waals surface area contributed by atoms with Crippen molar-refractivity contribution >= 4 is 14.1 Å². The quantitative estimate of drug-likeness (QED) is 0.382. The summed E-state index contributed by atoms with van der Waals surface area (Å²) in [6.07, 6.45) is -3.81. The van der Waals surface area contributed by atoms with Gasteiger partial charge in [0.25, 0.3) is 5.56 Å². The SMILES string of the molecule is CC(C)OC(=O)[C@H](C)N[P+](=O)OC[C@H]1O[C@@H](n2ccc(=O)[nH]c2=O)[C@](C)(F)[C@@H]1O. The van der Waals surface area contributed by atoms with Gasteiger partial charge in [0.2, 0.25) is 0 Å². The van der Waals surface area contributed by atoms with E-state index in [0.29, 0.717) is 0 Å². The minimum Gasteiger partial charge on any atom is -0.462 e. The molecule has 0 aromatic carbocycles. The van der Waals surface area contributed by atoms with Gasteiger partial charge < -0.3 is 14.6 Å². The normalized spacial score (nSPS) is 28.4. The lowest BCUT2D eigenvalue weighted by Gasteiger charge is -2.24. The van der Waals surface area contributed by atoms with Crippen molar-refractivity contribution in [2.75, 3.05) is 6.61 Å². The number of rotatable bonds is 8. The van der Waals surface area contributed by atoms with E-state index >= 15 is 4.39 Å². The molecule has 0 bridgehead atoms. The van der Waals surface area contributed by atoms with Crippen LogP contribution in [0.5, 0.6) is 0 Å². The van der Waals surface area contributed by atoms with E-state index in [1.807, 2.05) is 4.98 Å². The van der Waals surface area contributed by atoms with E-state index in [1.165, 1.54) is 6.92 Å². The van der Waals surface area contributed by atoms with Crippen LogP contribution >= 0.6 is 8.18 Å². The van der Waals surface area contributed by atoms with Gasteiger partial charge in [-0.25, -0.2) is 9.18 Å². The van der Waals surface area contributed by atoms with Crippen LogP contribution in [0, 0.1) is 0 Å². The van der Waals surface area contributed by atoms with Crippen molar-refractivity contribution in [1.29, 1.82) is 0 Å². The number of esters is 1. The number of aromatic amines is 1. The van der Waals surface area contributed by atoms with Crippen LogP contribution < -0.4 is 16.3 Å². The molecule has 1 saturated heterocycles. The van der Waals surface area contributed by atoms with Crippen LogP contribution in [-0.4, -0.2) is 57.3 Å². The van der Waals surface area contributed by atoms with Crippen LogP contribution in [-0.2, 0) is 23.4 Å². The molecule has 1 aromatic heterocycles. The molecule has 6 atom stereocenters. The van der Waals surface area contributed by atoms with Crippen molar-refractivity contribution in [3.8, 4) is 0 Å². The molecule has 1 aliphatic heterocycles. The third kappa shape index (κ3) is 5.55. The first-order valence-corrected chi connectivity index (χ1v) is 10.0. The summed E-state index contributed by atoms with van der Waals surface area (Å²) < 4.78 is 43.2. The molecule has 29 heavy (non-hydrogen) atoms. The Morgan fingerprint density at radius 2 is 2.14 bits per heavy atom. The Morgan fingerprint density at radius 3 is 2.72 bits per heavy atom. The molecule has 0 radical (unpaired) electrons. The summed E-state index contributed by atoms with van der Waals surface area (Å²) in [6.45, 7) is 5.31. The number of halogens is 1. The summed E-state index contributed by atoms with van der Waals surface area (Å²) in [5.41, 5.74) is -3.98. The molecule has 1 aromatic rings. The van der Waals surface area contributed by atoms with Gasteiger partial charge in [0.15, 0.2) is 11.9 Å². The van der Waals surface area contributed by atoms with Crippen LogP contribution in [0.15, 0.2) is 21.9 Å². The number of alkyl halides is 1. The third-order valence-corrected chi connectivity index (χ3v) is 5.16. The van der Waals surface area contributed by atoms with Crippen molar-refractivity contribution in [2.24, 2.45) is 0 Å². The molecule has 3 N–H and O–H groups in total. The smallest absolute Gasteiger partial charge is 0.462 e. The number of nitrogens with zero attached hydrogens (tertiary/aromatic N) is 1. The number of aromatic nitrogens is 2. The Kier molecular flexibility index (Phi) is 7.41. The predicted octanol–water partition coefficient (Wildman–Crippen LogP) is 0.127. The van der Waals surface area contributed by atoms with E-state index in [-0.39, 0.29) is 6.10 Å². The standard InChI is InChI=1S/C16H23FN3O8P/c1-8(2)27-13(23)9(3)19-29(25)26-7-10-12(22)16(4,17)14(28-10)20-6-5-11(21)18-15(20)24/h5-6,8-10,12,14,22H,7H2,1-4H3,(H-,18,19,21,24,25)/p+1/t9-,10+,12+,14+,16+/m0/s1. The highest BCUT2D eigenvalue weighted by Crippen LogP contribution is 2.41. The maximum absolute atomic E-state index is 15.0.